The number of nitrogens with one attached hydrogen (secondary N) is 1. The molecule has 0 aliphatic carbocycles. The van der Waals surface area contributed by atoms with Crippen molar-refractivity contribution in [2.45, 2.75) is 12.6 Å². The van der Waals surface area contributed by atoms with Crippen LogP contribution in [0.15, 0.2) is 18.3 Å². The van der Waals surface area contributed by atoms with Gasteiger partial charge in [-0.2, -0.15) is 13.2 Å². The third kappa shape index (κ3) is 4.53. The number of nitrogens with zero attached hydrogens (tertiary/aromatic N) is 1. The summed E-state index contributed by atoms with van der Waals surface area (Å²) >= 11 is 0. The topological polar surface area (TPSA) is 34.1 Å². The van der Waals surface area contributed by atoms with Gasteiger partial charge in [0.25, 0.3) is 0 Å². The number of anilines is 1. The number of aromatic nitrogens is 1. The lowest BCUT2D eigenvalue weighted by Gasteiger charge is -2.09. The van der Waals surface area contributed by atoms with Crippen LogP contribution < -0.4 is 10.1 Å². The van der Waals surface area contributed by atoms with Crippen molar-refractivity contribution in [2.24, 2.45) is 0 Å². The van der Waals surface area contributed by atoms with Crippen LogP contribution in [0.2, 0.25) is 0 Å². The first-order chi connectivity index (χ1) is 7.01. The van der Waals surface area contributed by atoms with Gasteiger partial charge in [-0.05, 0) is 6.07 Å². The minimum absolute atomic E-state index is 0.374. The van der Waals surface area contributed by atoms with Crippen LogP contribution in [0.25, 0.3) is 0 Å². The van der Waals surface area contributed by atoms with Gasteiger partial charge >= 0.3 is 6.18 Å². The molecule has 15 heavy (non-hydrogen) atoms. The first-order valence-corrected chi connectivity index (χ1v) is 4.34. The summed E-state index contributed by atoms with van der Waals surface area (Å²) in [6.07, 6.45) is -3.67. The fourth-order valence-electron chi connectivity index (χ4n) is 0.922. The van der Waals surface area contributed by atoms with E-state index in [1.54, 1.807) is 7.05 Å². The summed E-state index contributed by atoms with van der Waals surface area (Å²) in [4.78, 5) is 3.90. The fraction of sp³-hybridized carbons (Fsp3) is 0.444. The predicted molar refractivity (Wildman–Crippen MR) is 50.0 cm³/mol. The van der Waals surface area contributed by atoms with E-state index in [1.807, 2.05) is 0 Å². The molecule has 0 saturated heterocycles. The van der Waals surface area contributed by atoms with Crippen molar-refractivity contribution in [1.82, 2.24) is 4.98 Å². The van der Waals surface area contributed by atoms with E-state index in [-0.39, 0.29) is 6.61 Å². The summed E-state index contributed by atoms with van der Waals surface area (Å²) in [5.74, 6) is 0.929. The molecule has 1 N–H and O–H groups in total. The quantitative estimate of drug-likeness (QED) is 0.846. The molecule has 0 unspecified atom stereocenters. The van der Waals surface area contributed by atoms with Crippen molar-refractivity contribution < 1.29 is 17.9 Å². The predicted octanol–water partition coefficient (Wildman–Crippen LogP) is 2.45. The van der Waals surface area contributed by atoms with Crippen molar-refractivity contribution in [1.29, 1.82) is 0 Å². The molecule has 84 valence electrons. The van der Waals surface area contributed by atoms with Crippen LogP contribution in [0.3, 0.4) is 0 Å². The minimum Gasteiger partial charge on any atom is -0.493 e. The average Bonchev–Trinajstić information content (AvgIpc) is 2.16. The molecule has 0 fully saturated rings. The third-order valence-electron chi connectivity index (χ3n) is 1.64. The number of alkyl halides is 3. The third-order valence-corrected chi connectivity index (χ3v) is 1.64. The molecule has 1 aromatic rings. The smallest absolute Gasteiger partial charge is 0.392 e. The molecular formula is C9H11F3N2O. The zero-order chi connectivity index (χ0) is 11.3. The van der Waals surface area contributed by atoms with E-state index in [0.717, 1.165) is 0 Å². The molecule has 0 aromatic carbocycles. The highest BCUT2D eigenvalue weighted by Gasteiger charge is 2.26. The Balaban J connectivity index is 2.44. The summed E-state index contributed by atoms with van der Waals surface area (Å²) in [5.41, 5.74) is 0. The Labute approximate surface area is 85.3 Å². The van der Waals surface area contributed by atoms with Gasteiger partial charge in [-0.15, -0.1) is 0 Å². The number of hydrogen-bond donors (Lipinski definition) is 1. The summed E-state index contributed by atoms with van der Waals surface area (Å²) in [5, 5.41) is 2.76. The van der Waals surface area contributed by atoms with Gasteiger partial charge in [-0.1, -0.05) is 0 Å². The molecule has 0 amide bonds. The first kappa shape index (κ1) is 11.6. The maximum Gasteiger partial charge on any atom is 0.392 e. The highest BCUT2D eigenvalue weighted by molar-refractivity contribution is 5.39. The van der Waals surface area contributed by atoms with E-state index in [4.69, 9.17) is 4.74 Å². The lowest BCUT2D eigenvalue weighted by atomic mass is 10.4. The lowest BCUT2D eigenvalue weighted by molar-refractivity contribution is -0.139. The number of ether oxygens (including phenoxy) is 1. The average molecular weight is 220 g/mol. The van der Waals surface area contributed by atoms with Crippen LogP contribution in [0.5, 0.6) is 5.75 Å². The minimum atomic E-state index is -4.18. The molecule has 1 heterocycles. The molecule has 0 atom stereocenters. The largest absolute Gasteiger partial charge is 0.493 e. The Hall–Kier alpha value is -1.46. The number of pyridine rings is 1. The van der Waals surface area contributed by atoms with E-state index in [1.165, 1.54) is 18.3 Å². The van der Waals surface area contributed by atoms with Gasteiger partial charge in [0.05, 0.1) is 13.0 Å². The summed E-state index contributed by atoms with van der Waals surface area (Å²) in [6.45, 7) is -0.378. The van der Waals surface area contributed by atoms with Crippen molar-refractivity contribution in [3.63, 3.8) is 0 Å². The van der Waals surface area contributed by atoms with E-state index < -0.39 is 12.6 Å². The van der Waals surface area contributed by atoms with Gasteiger partial charge in [-0.25, -0.2) is 4.98 Å². The zero-order valence-corrected chi connectivity index (χ0v) is 8.14. The second kappa shape index (κ2) is 4.86. The van der Waals surface area contributed by atoms with Gasteiger partial charge in [-0.3, -0.25) is 0 Å². The molecule has 1 rings (SSSR count). The van der Waals surface area contributed by atoms with Gasteiger partial charge < -0.3 is 10.1 Å². The molecule has 3 nitrogen and oxygen atoms in total. The van der Waals surface area contributed by atoms with Crippen LogP contribution in [0.4, 0.5) is 19.0 Å². The summed E-state index contributed by atoms with van der Waals surface area (Å²) < 4.78 is 40.3. The van der Waals surface area contributed by atoms with Gasteiger partial charge in [0.1, 0.15) is 11.6 Å². The summed E-state index contributed by atoms with van der Waals surface area (Å²) in [7, 11) is 1.67. The molecule has 0 aliphatic heterocycles. The fourth-order valence-corrected chi connectivity index (χ4v) is 0.922. The molecule has 0 bridgehead atoms. The van der Waals surface area contributed by atoms with Crippen LogP contribution in [-0.2, 0) is 0 Å². The molecule has 0 saturated carbocycles. The van der Waals surface area contributed by atoms with Crippen LogP contribution in [0.1, 0.15) is 6.42 Å². The maximum atomic E-state index is 11.8. The Morgan fingerprint density at radius 3 is 2.80 bits per heavy atom. The standard InChI is InChI=1S/C9H11F3N2O/c1-13-8-6-7(2-4-14-8)15-5-3-9(10,11)12/h2,4,6H,3,5H2,1H3,(H,13,14). The molecule has 0 aliphatic rings. The van der Waals surface area contributed by atoms with Crippen LogP contribution in [-0.4, -0.2) is 24.8 Å². The second-order valence-electron chi connectivity index (χ2n) is 2.84. The number of halogens is 3. The molecular weight excluding hydrogens is 209 g/mol. The van der Waals surface area contributed by atoms with Gasteiger partial charge in [0.15, 0.2) is 0 Å². The highest BCUT2D eigenvalue weighted by atomic mass is 19.4. The molecule has 1 aromatic heterocycles. The Bertz CT molecular complexity index is 314. The Morgan fingerprint density at radius 1 is 1.47 bits per heavy atom. The van der Waals surface area contributed by atoms with E-state index in [2.05, 4.69) is 10.3 Å². The number of rotatable bonds is 4. The van der Waals surface area contributed by atoms with Crippen molar-refractivity contribution in [2.75, 3.05) is 19.0 Å². The van der Waals surface area contributed by atoms with Crippen molar-refractivity contribution in [3.05, 3.63) is 18.3 Å². The monoisotopic (exact) mass is 220 g/mol. The molecule has 0 radical (unpaired) electrons. The SMILES string of the molecule is CNc1cc(OCCC(F)(F)F)ccn1. The summed E-state index contributed by atoms with van der Waals surface area (Å²) in [6, 6.07) is 3.05. The number of hydrogen-bond acceptors (Lipinski definition) is 3. The van der Waals surface area contributed by atoms with Crippen molar-refractivity contribution in [3.8, 4) is 5.75 Å². The van der Waals surface area contributed by atoms with Crippen LogP contribution >= 0.6 is 0 Å². The second-order valence-corrected chi connectivity index (χ2v) is 2.84. The van der Waals surface area contributed by atoms with E-state index >= 15 is 0 Å². The van der Waals surface area contributed by atoms with Gasteiger partial charge in [0.2, 0.25) is 0 Å². The van der Waals surface area contributed by atoms with E-state index in [0.29, 0.717) is 11.6 Å². The van der Waals surface area contributed by atoms with Gasteiger partial charge in [0, 0.05) is 19.3 Å². The Morgan fingerprint density at radius 2 is 2.20 bits per heavy atom. The first-order valence-electron chi connectivity index (χ1n) is 4.34. The van der Waals surface area contributed by atoms with Crippen molar-refractivity contribution >= 4 is 5.82 Å². The van der Waals surface area contributed by atoms with E-state index in [9.17, 15) is 13.2 Å². The highest BCUT2D eigenvalue weighted by Crippen LogP contribution is 2.20. The zero-order valence-electron chi connectivity index (χ0n) is 8.14. The normalized spacial score (nSPS) is 11.2. The molecule has 0 spiro atoms. The molecule has 6 heteroatoms. The maximum absolute atomic E-state index is 11.8. The lowest BCUT2D eigenvalue weighted by Crippen LogP contribution is -2.13. The van der Waals surface area contributed by atoms with Crippen LogP contribution in [0, 0.1) is 0 Å². The Kier molecular flexibility index (Phi) is 3.76.